The fourth-order valence-electron chi connectivity index (χ4n) is 2.54. The summed E-state index contributed by atoms with van der Waals surface area (Å²) in [7, 11) is 0. The molecule has 0 saturated carbocycles. The molecule has 0 aliphatic heterocycles. The monoisotopic (exact) mass is 366 g/mol. The highest BCUT2D eigenvalue weighted by molar-refractivity contribution is 7.99. The Hall–Kier alpha value is -2.60. The number of amides is 1. The summed E-state index contributed by atoms with van der Waals surface area (Å²) < 4.78 is 1.70. The van der Waals surface area contributed by atoms with Gasteiger partial charge in [0.15, 0.2) is 0 Å². The Morgan fingerprint density at radius 3 is 2.50 bits per heavy atom. The van der Waals surface area contributed by atoms with E-state index in [0.29, 0.717) is 0 Å². The highest BCUT2D eigenvalue weighted by Crippen LogP contribution is 2.20. The number of carbonyl (C=O) groups is 1. The summed E-state index contributed by atoms with van der Waals surface area (Å²) in [5.41, 5.74) is 3.23. The number of benzene rings is 2. The minimum atomic E-state index is -0.105. The van der Waals surface area contributed by atoms with Gasteiger partial charge in [-0.05, 0) is 37.1 Å². The molecule has 2 atom stereocenters. The molecule has 26 heavy (non-hydrogen) atoms. The van der Waals surface area contributed by atoms with Gasteiger partial charge < -0.3 is 5.32 Å². The maximum atomic E-state index is 12.4. The van der Waals surface area contributed by atoms with Crippen LogP contribution in [0.3, 0.4) is 0 Å². The highest BCUT2D eigenvalue weighted by Gasteiger charge is 2.16. The van der Waals surface area contributed by atoms with Crippen molar-refractivity contribution in [1.82, 2.24) is 20.1 Å². The van der Waals surface area contributed by atoms with Crippen LogP contribution in [-0.2, 0) is 10.5 Å². The zero-order chi connectivity index (χ0) is 18.4. The predicted octanol–water partition coefficient (Wildman–Crippen LogP) is 3.77. The molecule has 1 heterocycles. The number of carbonyl (C=O) groups excluding carboxylic acids is 1. The topological polar surface area (TPSA) is 59.8 Å². The highest BCUT2D eigenvalue weighted by atomic mass is 32.2. The van der Waals surface area contributed by atoms with Gasteiger partial charge in [0.1, 0.15) is 12.7 Å². The summed E-state index contributed by atoms with van der Waals surface area (Å²) in [6.45, 7) is 3.94. The molecular formula is C20H22N4OS. The second kappa shape index (κ2) is 8.67. The lowest BCUT2D eigenvalue weighted by Crippen LogP contribution is -2.33. The average Bonchev–Trinajstić information content (AvgIpc) is 3.21. The molecule has 3 rings (SSSR count). The lowest BCUT2D eigenvalue weighted by molar-refractivity contribution is -0.120. The van der Waals surface area contributed by atoms with E-state index in [1.807, 2.05) is 56.3 Å². The van der Waals surface area contributed by atoms with Crippen molar-refractivity contribution >= 4 is 17.7 Å². The average molecular weight is 366 g/mol. The Kier molecular flexibility index (Phi) is 6.07. The van der Waals surface area contributed by atoms with Gasteiger partial charge in [0.05, 0.1) is 17.0 Å². The van der Waals surface area contributed by atoms with Crippen molar-refractivity contribution in [3.63, 3.8) is 0 Å². The minimum Gasteiger partial charge on any atom is -0.349 e. The first kappa shape index (κ1) is 18.2. The first-order valence-corrected chi connectivity index (χ1v) is 9.59. The third-order valence-corrected chi connectivity index (χ3v) is 5.36. The molecule has 0 bridgehead atoms. The van der Waals surface area contributed by atoms with E-state index >= 15 is 0 Å². The van der Waals surface area contributed by atoms with Gasteiger partial charge in [0.25, 0.3) is 0 Å². The zero-order valence-corrected chi connectivity index (χ0v) is 15.7. The van der Waals surface area contributed by atoms with Gasteiger partial charge >= 0.3 is 0 Å². The molecule has 1 aromatic heterocycles. The molecule has 1 N–H and O–H groups in total. The van der Waals surface area contributed by atoms with Crippen LogP contribution < -0.4 is 5.32 Å². The summed E-state index contributed by atoms with van der Waals surface area (Å²) in [5, 5.41) is 7.10. The number of hydrogen-bond donors (Lipinski definition) is 1. The predicted molar refractivity (Wildman–Crippen MR) is 105 cm³/mol. The smallest absolute Gasteiger partial charge is 0.233 e. The van der Waals surface area contributed by atoms with Gasteiger partial charge in [-0.3, -0.25) is 4.79 Å². The van der Waals surface area contributed by atoms with E-state index in [2.05, 4.69) is 27.5 Å². The van der Waals surface area contributed by atoms with Crippen molar-refractivity contribution in [3.05, 3.63) is 78.4 Å². The first-order valence-electron chi connectivity index (χ1n) is 8.54. The molecule has 6 heteroatoms. The van der Waals surface area contributed by atoms with Crippen LogP contribution >= 0.6 is 11.8 Å². The lowest BCUT2D eigenvalue weighted by Gasteiger charge is -2.18. The summed E-state index contributed by atoms with van der Waals surface area (Å²) in [5.74, 6) is 0.884. The molecule has 0 spiro atoms. The van der Waals surface area contributed by atoms with E-state index < -0.39 is 0 Å². The van der Waals surface area contributed by atoms with Crippen LogP contribution in [0.1, 0.15) is 31.0 Å². The molecule has 5 nitrogen and oxygen atoms in total. The third-order valence-electron chi connectivity index (χ3n) is 4.15. The van der Waals surface area contributed by atoms with Crippen LogP contribution in [0.25, 0.3) is 5.69 Å². The molecule has 0 radical (unpaired) electrons. The van der Waals surface area contributed by atoms with Crippen LogP contribution in [0, 0.1) is 0 Å². The Morgan fingerprint density at radius 2 is 1.85 bits per heavy atom. The van der Waals surface area contributed by atoms with E-state index in [1.54, 1.807) is 22.8 Å². The van der Waals surface area contributed by atoms with Gasteiger partial charge in [-0.2, -0.15) is 5.10 Å². The number of thioether (sulfide) groups is 1. The molecule has 0 aliphatic rings. The fourth-order valence-corrected chi connectivity index (χ4v) is 3.40. The number of nitrogens with one attached hydrogen (secondary N) is 1. The van der Waals surface area contributed by atoms with Crippen LogP contribution in [0.4, 0.5) is 0 Å². The summed E-state index contributed by atoms with van der Waals surface area (Å²) in [4.78, 5) is 16.4. The molecule has 1 amide bonds. The maximum absolute atomic E-state index is 12.4. The van der Waals surface area contributed by atoms with Crippen molar-refractivity contribution < 1.29 is 4.79 Å². The Bertz CT molecular complexity index is 819. The quantitative estimate of drug-likeness (QED) is 0.691. The lowest BCUT2D eigenvalue weighted by atomic mass is 10.1. The van der Waals surface area contributed by atoms with Gasteiger partial charge in [-0.1, -0.05) is 42.5 Å². The Balaban J connectivity index is 1.53. The molecule has 3 aromatic rings. The van der Waals surface area contributed by atoms with Gasteiger partial charge in [-0.25, -0.2) is 9.67 Å². The van der Waals surface area contributed by atoms with Crippen molar-refractivity contribution in [3.8, 4) is 5.69 Å². The molecule has 0 saturated heterocycles. The van der Waals surface area contributed by atoms with Crippen LogP contribution in [0.2, 0.25) is 0 Å². The summed E-state index contributed by atoms with van der Waals surface area (Å²) >= 11 is 1.64. The minimum absolute atomic E-state index is 0.0490. The van der Waals surface area contributed by atoms with Crippen LogP contribution in [-0.4, -0.2) is 25.9 Å². The molecule has 0 unspecified atom stereocenters. The van der Waals surface area contributed by atoms with Crippen LogP contribution in [0.15, 0.2) is 67.3 Å². The van der Waals surface area contributed by atoms with E-state index in [-0.39, 0.29) is 17.2 Å². The standard InChI is InChI=1S/C20H22N4OS/c1-15(18-8-10-19(11-9-18)24-14-21-13-22-24)23-20(25)16(2)26-12-17-6-4-3-5-7-17/h3-11,13-16H,12H2,1-2H3,(H,23,25)/t15-,16-/m1/s1. The molecule has 2 aromatic carbocycles. The van der Waals surface area contributed by atoms with E-state index in [4.69, 9.17) is 0 Å². The molecule has 134 valence electrons. The van der Waals surface area contributed by atoms with Gasteiger partial charge in [-0.15, -0.1) is 11.8 Å². The summed E-state index contributed by atoms with van der Waals surface area (Å²) in [6, 6.07) is 18.1. The second-order valence-electron chi connectivity index (χ2n) is 6.10. The van der Waals surface area contributed by atoms with Crippen molar-refractivity contribution in [1.29, 1.82) is 0 Å². The Labute approximate surface area is 157 Å². The maximum Gasteiger partial charge on any atom is 0.233 e. The van der Waals surface area contributed by atoms with Crippen molar-refractivity contribution in [2.24, 2.45) is 0 Å². The second-order valence-corrected chi connectivity index (χ2v) is 7.43. The molecular weight excluding hydrogens is 344 g/mol. The summed E-state index contributed by atoms with van der Waals surface area (Å²) in [6.07, 6.45) is 3.16. The van der Waals surface area contributed by atoms with Gasteiger partial charge in [0, 0.05) is 5.75 Å². The Morgan fingerprint density at radius 1 is 1.12 bits per heavy atom. The van der Waals surface area contributed by atoms with Crippen molar-refractivity contribution in [2.75, 3.05) is 0 Å². The SMILES string of the molecule is C[C@@H](SCc1ccccc1)C(=O)N[C@H](C)c1ccc(-n2cncn2)cc1. The zero-order valence-electron chi connectivity index (χ0n) is 14.9. The fraction of sp³-hybridized carbons (Fsp3) is 0.250. The van der Waals surface area contributed by atoms with Gasteiger partial charge in [0.2, 0.25) is 5.91 Å². The number of rotatable bonds is 7. The number of hydrogen-bond acceptors (Lipinski definition) is 4. The van der Waals surface area contributed by atoms with E-state index in [0.717, 1.165) is 17.0 Å². The third kappa shape index (κ3) is 4.73. The number of nitrogens with zero attached hydrogens (tertiary/aromatic N) is 3. The first-order chi connectivity index (χ1) is 12.6. The van der Waals surface area contributed by atoms with E-state index in [9.17, 15) is 4.79 Å². The largest absolute Gasteiger partial charge is 0.349 e. The van der Waals surface area contributed by atoms with E-state index in [1.165, 1.54) is 11.9 Å². The number of aromatic nitrogens is 3. The molecule has 0 aliphatic carbocycles. The normalized spacial score (nSPS) is 13.2. The molecule has 0 fully saturated rings. The van der Waals surface area contributed by atoms with Crippen LogP contribution in [0.5, 0.6) is 0 Å². The van der Waals surface area contributed by atoms with Crippen molar-refractivity contribution in [2.45, 2.75) is 30.9 Å².